The number of hydrogen-bond donors (Lipinski definition) is 2. The minimum atomic E-state index is -0.0203. The van der Waals surface area contributed by atoms with E-state index in [1.165, 1.54) is 5.56 Å². The number of ether oxygens (including phenoxy) is 2. The summed E-state index contributed by atoms with van der Waals surface area (Å²) in [6.07, 6.45) is 3.88. The summed E-state index contributed by atoms with van der Waals surface area (Å²) >= 11 is 5.65. The first-order valence-corrected chi connectivity index (χ1v) is 10.1. The van der Waals surface area contributed by atoms with Crippen LogP contribution in [0.1, 0.15) is 43.4 Å². The number of amides is 1. The molecule has 1 fully saturated rings. The number of benzene rings is 1. The fourth-order valence-electron chi connectivity index (χ4n) is 3.51. The molecule has 0 unspecified atom stereocenters. The lowest BCUT2D eigenvalue weighted by atomic mass is 9.92. The van der Waals surface area contributed by atoms with Crippen LogP contribution in [0.25, 0.3) is 0 Å². The molecule has 0 spiro atoms. The molecule has 7 heteroatoms. The third kappa shape index (κ3) is 4.46. The first-order valence-electron chi connectivity index (χ1n) is 9.66. The number of fused-ring (bicyclic) bond motifs is 1. The maximum Gasteiger partial charge on any atom is 0.223 e. The molecule has 27 heavy (non-hydrogen) atoms. The molecule has 1 saturated carbocycles. The highest BCUT2D eigenvalue weighted by atomic mass is 32.1. The van der Waals surface area contributed by atoms with Gasteiger partial charge in [0, 0.05) is 25.6 Å². The van der Waals surface area contributed by atoms with Crippen molar-refractivity contribution in [2.75, 3.05) is 33.9 Å². The molecule has 1 aliphatic heterocycles. The van der Waals surface area contributed by atoms with Gasteiger partial charge in [0.15, 0.2) is 16.6 Å². The minimum absolute atomic E-state index is 0.0203. The van der Waals surface area contributed by atoms with E-state index in [9.17, 15) is 4.79 Å². The van der Waals surface area contributed by atoms with Gasteiger partial charge in [-0.15, -0.1) is 0 Å². The first-order chi connectivity index (χ1) is 13.1. The van der Waals surface area contributed by atoms with Crippen LogP contribution in [0.4, 0.5) is 0 Å². The van der Waals surface area contributed by atoms with Gasteiger partial charge in [-0.05, 0) is 61.2 Å². The van der Waals surface area contributed by atoms with Crippen molar-refractivity contribution in [3.63, 3.8) is 0 Å². The van der Waals surface area contributed by atoms with Gasteiger partial charge in [0.05, 0.1) is 20.3 Å². The Balaban J connectivity index is 1.87. The summed E-state index contributed by atoms with van der Waals surface area (Å²) in [6, 6.07) is 4.05. The molecule has 0 aromatic heterocycles. The second-order valence-corrected chi connectivity index (χ2v) is 7.50. The lowest BCUT2D eigenvalue weighted by Gasteiger charge is -2.39. The number of carbonyl (C=O) groups is 1. The molecule has 6 nitrogen and oxygen atoms in total. The average Bonchev–Trinajstić information content (AvgIpc) is 3.53. The Hall–Kier alpha value is -2.02. The molecule has 1 aromatic rings. The Bertz CT molecular complexity index is 706. The average molecular weight is 392 g/mol. The van der Waals surface area contributed by atoms with Crippen LogP contribution < -0.4 is 20.1 Å². The highest BCUT2D eigenvalue weighted by molar-refractivity contribution is 7.80. The van der Waals surface area contributed by atoms with E-state index in [2.05, 4.69) is 22.5 Å². The van der Waals surface area contributed by atoms with Crippen LogP contribution in [0.3, 0.4) is 0 Å². The summed E-state index contributed by atoms with van der Waals surface area (Å²) in [7, 11) is 3.29. The van der Waals surface area contributed by atoms with Crippen molar-refractivity contribution in [1.29, 1.82) is 0 Å². The van der Waals surface area contributed by atoms with Gasteiger partial charge in [-0.3, -0.25) is 4.79 Å². The molecule has 0 saturated heterocycles. The molecular formula is C20H29N3O3S. The van der Waals surface area contributed by atoms with Crippen LogP contribution in [0.5, 0.6) is 11.5 Å². The Morgan fingerprint density at radius 2 is 1.93 bits per heavy atom. The highest BCUT2D eigenvalue weighted by Crippen LogP contribution is 2.38. The number of carbonyl (C=O) groups excluding carboxylic acids is 1. The lowest BCUT2D eigenvalue weighted by molar-refractivity contribution is -0.122. The van der Waals surface area contributed by atoms with Gasteiger partial charge in [0.2, 0.25) is 5.91 Å². The van der Waals surface area contributed by atoms with Gasteiger partial charge in [0.25, 0.3) is 0 Å². The maximum atomic E-state index is 12.2. The van der Waals surface area contributed by atoms with E-state index in [-0.39, 0.29) is 17.9 Å². The quantitative estimate of drug-likeness (QED) is 0.696. The summed E-state index contributed by atoms with van der Waals surface area (Å²) in [5.41, 5.74) is 2.35. The van der Waals surface area contributed by atoms with Crippen molar-refractivity contribution < 1.29 is 14.3 Å². The molecule has 1 amide bonds. The van der Waals surface area contributed by atoms with Crippen LogP contribution >= 0.6 is 12.2 Å². The van der Waals surface area contributed by atoms with Crippen molar-refractivity contribution in [2.24, 2.45) is 5.92 Å². The van der Waals surface area contributed by atoms with E-state index in [0.717, 1.165) is 55.2 Å². The third-order valence-corrected chi connectivity index (χ3v) is 5.59. The Morgan fingerprint density at radius 3 is 2.56 bits per heavy atom. The van der Waals surface area contributed by atoms with Gasteiger partial charge < -0.3 is 25.0 Å². The van der Waals surface area contributed by atoms with Crippen LogP contribution in [-0.2, 0) is 11.2 Å². The zero-order valence-electron chi connectivity index (χ0n) is 16.3. The van der Waals surface area contributed by atoms with E-state index >= 15 is 0 Å². The maximum absolute atomic E-state index is 12.2. The fraction of sp³-hybridized carbons (Fsp3) is 0.600. The topological polar surface area (TPSA) is 62.8 Å². The van der Waals surface area contributed by atoms with Crippen LogP contribution in [0.15, 0.2) is 12.1 Å². The molecule has 148 valence electrons. The minimum Gasteiger partial charge on any atom is -0.493 e. The lowest BCUT2D eigenvalue weighted by Crippen LogP contribution is -2.49. The Kier molecular flexibility index (Phi) is 6.42. The van der Waals surface area contributed by atoms with E-state index < -0.39 is 0 Å². The smallest absolute Gasteiger partial charge is 0.223 e. The van der Waals surface area contributed by atoms with E-state index in [0.29, 0.717) is 12.3 Å². The van der Waals surface area contributed by atoms with Gasteiger partial charge >= 0.3 is 0 Å². The summed E-state index contributed by atoms with van der Waals surface area (Å²) < 4.78 is 11.0. The van der Waals surface area contributed by atoms with Crippen molar-refractivity contribution in [1.82, 2.24) is 15.5 Å². The second-order valence-electron chi connectivity index (χ2n) is 7.12. The molecule has 3 rings (SSSR count). The first kappa shape index (κ1) is 19.7. The van der Waals surface area contributed by atoms with Crippen LogP contribution in [-0.4, -0.2) is 49.8 Å². The van der Waals surface area contributed by atoms with Crippen molar-refractivity contribution in [3.05, 3.63) is 23.3 Å². The van der Waals surface area contributed by atoms with Gasteiger partial charge in [-0.2, -0.15) is 0 Å². The van der Waals surface area contributed by atoms with Crippen LogP contribution in [0.2, 0.25) is 0 Å². The number of rotatable bonds is 7. The zero-order valence-corrected chi connectivity index (χ0v) is 17.2. The molecule has 1 heterocycles. The Morgan fingerprint density at radius 1 is 1.22 bits per heavy atom. The van der Waals surface area contributed by atoms with E-state index in [1.54, 1.807) is 14.2 Å². The second kappa shape index (κ2) is 8.78. The molecule has 1 aromatic carbocycles. The predicted molar refractivity (Wildman–Crippen MR) is 109 cm³/mol. The van der Waals surface area contributed by atoms with Crippen molar-refractivity contribution >= 4 is 23.2 Å². The summed E-state index contributed by atoms with van der Waals surface area (Å²) in [5, 5.41) is 7.19. The van der Waals surface area contributed by atoms with Gasteiger partial charge in [-0.1, -0.05) is 6.92 Å². The number of methoxy groups -OCH3 is 2. The third-order valence-electron chi connectivity index (χ3n) is 5.21. The predicted octanol–water partition coefficient (Wildman–Crippen LogP) is 2.41. The summed E-state index contributed by atoms with van der Waals surface area (Å²) in [6.45, 7) is 4.30. The van der Waals surface area contributed by atoms with E-state index in [4.69, 9.17) is 21.7 Å². The van der Waals surface area contributed by atoms with Crippen molar-refractivity contribution in [3.8, 4) is 11.5 Å². The number of hydrogen-bond acceptors (Lipinski definition) is 4. The van der Waals surface area contributed by atoms with Gasteiger partial charge in [-0.25, -0.2) is 0 Å². The number of nitrogens with zero attached hydrogens (tertiary/aromatic N) is 1. The fourth-order valence-corrected chi connectivity index (χ4v) is 3.83. The van der Waals surface area contributed by atoms with E-state index in [1.807, 2.05) is 12.1 Å². The molecular weight excluding hydrogens is 362 g/mol. The molecule has 0 bridgehead atoms. The highest BCUT2D eigenvalue weighted by Gasteiger charge is 2.33. The van der Waals surface area contributed by atoms with Gasteiger partial charge in [0.1, 0.15) is 0 Å². The molecule has 2 N–H and O–H groups in total. The standard InChI is InChI=1S/C20H29N3O3S/c1-4-8-21-20(27)23-9-7-14-10-17(25-2)18(26-3)11-15(14)16(23)12-22-19(24)13-5-6-13/h10-11,13,16H,4-9,12H2,1-3H3,(H,21,27)(H,22,24)/t16-/m1/s1. The largest absolute Gasteiger partial charge is 0.493 e. The summed E-state index contributed by atoms with van der Waals surface area (Å²) in [5.74, 6) is 1.77. The summed E-state index contributed by atoms with van der Waals surface area (Å²) in [4.78, 5) is 14.4. The molecule has 1 aliphatic carbocycles. The molecule has 1 atom stereocenters. The Labute approximate surface area is 166 Å². The van der Waals surface area contributed by atoms with Crippen molar-refractivity contribution in [2.45, 2.75) is 38.6 Å². The monoisotopic (exact) mass is 391 g/mol. The number of thiocarbonyl (C=S) groups is 1. The molecule has 0 radical (unpaired) electrons. The van der Waals surface area contributed by atoms with Crippen LogP contribution in [0, 0.1) is 5.92 Å². The zero-order chi connectivity index (χ0) is 19.4. The normalized spacial score (nSPS) is 18.5. The number of nitrogens with one attached hydrogen (secondary N) is 2. The SMILES string of the molecule is CCCNC(=S)N1CCc2cc(OC)c(OC)cc2[C@H]1CNC(=O)C1CC1. The molecule has 2 aliphatic rings.